The van der Waals surface area contributed by atoms with Crippen molar-refractivity contribution >= 4 is 17.5 Å². The number of likely N-dealkylation sites (N-methyl/N-ethyl adjacent to an activating group) is 1. The zero-order valence-electron chi connectivity index (χ0n) is 12.1. The number of hydrogen-bond donors (Lipinski definition) is 0. The summed E-state index contributed by atoms with van der Waals surface area (Å²) in [7, 11) is 2.09. The highest BCUT2D eigenvalue weighted by molar-refractivity contribution is 7.99. The third kappa shape index (κ3) is 5.09. The van der Waals surface area contributed by atoms with Gasteiger partial charge in [-0.25, -0.2) is 0 Å². The molecule has 3 nitrogen and oxygen atoms in total. The van der Waals surface area contributed by atoms with Crippen molar-refractivity contribution in [3.05, 3.63) is 0 Å². The van der Waals surface area contributed by atoms with Crippen LogP contribution >= 0.6 is 11.8 Å². The van der Waals surface area contributed by atoms with E-state index < -0.39 is 0 Å². The van der Waals surface area contributed by atoms with E-state index in [1.165, 1.54) is 31.4 Å². The van der Waals surface area contributed by atoms with Gasteiger partial charge in [-0.1, -0.05) is 12.8 Å². The summed E-state index contributed by atoms with van der Waals surface area (Å²) in [6.07, 6.45) is 6.78. The number of rotatable bonds is 6. The Kier molecular flexibility index (Phi) is 6.68. The van der Waals surface area contributed by atoms with Crippen molar-refractivity contribution in [3.63, 3.8) is 0 Å². The lowest BCUT2D eigenvalue weighted by Crippen LogP contribution is -2.44. The van der Waals surface area contributed by atoms with Gasteiger partial charge in [-0.2, -0.15) is 11.8 Å². The predicted octanol–water partition coefficient (Wildman–Crippen LogP) is 2.59. The molecule has 0 N–H and O–H groups in total. The molecule has 2 rings (SSSR count). The summed E-state index contributed by atoms with van der Waals surface area (Å²) >= 11 is 1.92. The van der Waals surface area contributed by atoms with Crippen LogP contribution in [-0.2, 0) is 9.53 Å². The van der Waals surface area contributed by atoms with Crippen molar-refractivity contribution in [3.8, 4) is 0 Å². The predicted molar refractivity (Wildman–Crippen MR) is 80.8 cm³/mol. The maximum Gasteiger partial charge on any atom is 0.150 e. The van der Waals surface area contributed by atoms with Crippen LogP contribution in [0.15, 0.2) is 0 Å². The molecule has 0 aromatic heterocycles. The summed E-state index contributed by atoms with van der Waals surface area (Å²) in [5.74, 6) is 3.47. The normalized spacial score (nSPS) is 26.5. The largest absolute Gasteiger partial charge is 0.381 e. The second-order valence-corrected chi connectivity index (χ2v) is 6.99. The molecular weight excluding hydrogens is 258 g/mol. The molecule has 0 radical (unpaired) electrons. The average Bonchev–Trinajstić information content (AvgIpc) is 2.45. The van der Waals surface area contributed by atoms with E-state index in [9.17, 15) is 4.79 Å². The van der Waals surface area contributed by atoms with Crippen LogP contribution in [0.3, 0.4) is 0 Å². The molecule has 2 aliphatic heterocycles. The summed E-state index contributed by atoms with van der Waals surface area (Å²) < 4.78 is 5.37. The van der Waals surface area contributed by atoms with Gasteiger partial charge in [0.15, 0.2) is 5.78 Å². The summed E-state index contributed by atoms with van der Waals surface area (Å²) in [4.78, 5) is 14.4. The Hall–Kier alpha value is -0.0600. The number of hydrogen-bond acceptors (Lipinski definition) is 4. The molecule has 0 aliphatic carbocycles. The molecular formula is C15H27NO2S. The standard InChI is InChI=1S/C15H27NO2S/c1-16-8-11-19-12-14(16)15(17)5-3-2-4-13-6-9-18-10-7-13/h13-14H,2-12H2,1H3. The van der Waals surface area contributed by atoms with Gasteiger partial charge in [0.05, 0.1) is 6.04 Å². The lowest BCUT2D eigenvalue weighted by molar-refractivity contribution is -0.123. The van der Waals surface area contributed by atoms with Gasteiger partial charge >= 0.3 is 0 Å². The molecule has 0 bridgehead atoms. The summed E-state index contributed by atoms with van der Waals surface area (Å²) in [6, 6.07) is 0.182. The molecule has 0 aromatic rings. The van der Waals surface area contributed by atoms with Gasteiger partial charge in [-0.05, 0) is 32.2 Å². The van der Waals surface area contributed by atoms with Gasteiger partial charge in [0.25, 0.3) is 0 Å². The first-order valence-electron chi connectivity index (χ1n) is 7.66. The van der Waals surface area contributed by atoms with Gasteiger partial charge in [0.1, 0.15) is 0 Å². The Labute approximate surface area is 121 Å². The fourth-order valence-electron chi connectivity index (χ4n) is 2.96. The van der Waals surface area contributed by atoms with E-state index in [0.717, 1.165) is 44.3 Å². The van der Waals surface area contributed by atoms with Crippen LogP contribution in [-0.4, -0.2) is 55.0 Å². The number of unbranched alkanes of at least 4 members (excludes halogenated alkanes) is 1. The highest BCUT2D eigenvalue weighted by atomic mass is 32.2. The lowest BCUT2D eigenvalue weighted by Gasteiger charge is -2.30. The van der Waals surface area contributed by atoms with Crippen molar-refractivity contribution in [2.24, 2.45) is 5.92 Å². The molecule has 1 atom stereocenters. The minimum atomic E-state index is 0.182. The van der Waals surface area contributed by atoms with E-state index in [1.54, 1.807) is 0 Å². The van der Waals surface area contributed by atoms with Crippen molar-refractivity contribution in [2.75, 3.05) is 38.3 Å². The fraction of sp³-hybridized carbons (Fsp3) is 0.933. The molecule has 2 aliphatic rings. The summed E-state index contributed by atoms with van der Waals surface area (Å²) in [6.45, 7) is 2.94. The first-order valence-corrected chi connectivity index (χ1v) is 8.81. The molecule has 2 heterocycles. The number of ether oxygens (including phenoxy) is 1. The fourth-order valence-corrected chi connectivity index (χ4v) is 4.21. The maximum absolute atomic E-state index is 12.2. The highest BCUT2D eigenvalue weighted by Crippen LogP contribution is 2.22. The van der Waals surface area contributed by atoms with E-state index in [1.807, 2.05) is 11.8 Å². The van der Waals surface area contributed by atoms with Crippen LogP contribution in [0.25, 0.3) is 0 Å². The van der Waals surface area contributed by atoms with Crippen molar-refractivity contribution in [1.82, 2.24) is 4.90 Å². The second kappa shape index (κ2) is 8.28. The molecule has 0 spiro atoms. The quantitative estimate of drug-likeness (QED) is 0.702. The zero-order chi connectivity index (χ0) is 13.5. The Bertz CT molecular complexity index is 279. The van der Waals surface area contributed by atoms with Crippen LogP contribution < -0.4 is 0 Å². The number of carbonyl (C=O) groups excluding carboxylic acids is 1. The molecule has 2 saturated heterocycles. The lowest BCUT2D eigenvalue weighted by atomic mass is 9.93. The van der Waals surface area contributed by atoms with Crippen LogP contribution in [0.5, 0.6) is 0 Å². The van der Waals surface area contributed by atoms with E-state index in [0.29, 0.717) is 5.78 Å². The molecule has 0 amide bonds. The first kappa shape index (κ1) is 15.3. The molecule has 19 heavy (non-hydrogen) atoms. The van der Waals surface area contributed by atoms with Gasteiger partial charge in [-0.15, -0.1) is 0 Å². The van der Waals surface area contributed by atoms with Crippen LogP contribution in [0.4, 0.5) is 0 Å². The van der Waals surface area contributed by atoms with E-state index in [2.05, 4.69) is 11.9 Å². The molecule has 0 saturated carbocycles. The Morgan fingerprint density at radius 2 is 2.11 bits per heavy atom. The third-order valence-electron chi connectivity index (χ3n) is 4.39. The summed E-state index contributed by atoms with van der Waals surface area (Å²) in [5, 5.41) is 0. The zero-order valence-corrected chi connectivity index (χ0v) is 12.9. The molecule has 1 unspecified atom stereocenters. The number of ketones is 1. The molecule has 4 heteroatoms. The maximum atomic E-state index is 12.2. The minimum Gasteiger partial charge on any atom is -0.381 e. The van der Waals surface area contributed by atoms with Gasteiger partial charge in [0, 0.05) is 37.7 Å². The van der Waals surface area contributed by atoms with Crippen LogP contribution in [0.2, 0.25) is 0 Å². The van der Waals surface area contributed by atoms with Gasteiger partial charge in [-0.3, -0.25) is 9.69 Å². The topological polar surface area (TPSA) is 29.5 Å². The van der Waals surface area contributed by atoms with Gasteiger partial charge < -0.3 is 4.74 Å². The minimum absolute atomic E-state index is 0.182. The van der Waals surface area contributed by atoms with Crippen LogP contribution in [0.1, 0.15) is 38.5 Å². The smallest absolute Gasteiger partial charge is 0.150 e. The number of carbonyl (C=O) groups is 1. The second-order valence-electron chi connectivity index (χ2n) is 5.84. The Morgan fingerprint density at radius 1 is 1.32 bits per heavy atom. The Balaban J connectivity index is 1.58. The van der Waals surface area contributed by atoms with Crippen molar-refractivity contribution in [2.45, 2.75) is 44.6 Å². The number of nitrogens with zero attached hydrogens (tertiary/aromatic N) is 1. The van der Waals surface area contributed by atoms with E-state index in [4.69, 9.17) is 4.74 Å². The molecule has 0 aromatic carbocycles. The first-order chi connectivity index (χ1) is 9.27. The number of Topliss-reactive ketones (excluding diaryl/α,β-unsaturated/α-hetero) is 1. The molecule has 2 fully saturated rings. The Morgan fingerprint density at radius 3 is 2.84 bits per heavy atom. The summed E-state index contributed by atoms with van der Waals surface area (Å²) in [5.41, 5.74) is 0. The van der Waals surface area contributed by atoms with Crippen LogP contribution in [0, 0.1) is 5.92 Å². The monoisotopic (exact) mass is 285 g/mol. The average molecular weight is 285 g/mol. The SMILES string of the molecule is CN1CCSCC1C(=O)CCCCC1CCOCC1. The molecule has 110 valence electrons. The van der Waals surface area contributed by atoms with E-state index >= 15 is 0 Å². The van der Waals surface area contributed by atoms with Crippen molar-refractivity contribution in [1.29, 1.82) is 0 Å². The third-order valence-corrected chi connectivity index (χ3v) is 5.42. The number of thioether (sulfide) groups is 1. The van der Waals surface area contributed by atoms with Gasteiger partial charge in [0.2, 0.25) is 0 Å². The van der Waals surface area contributed by atoms with Crippen molar-refractivity contribution < 1.29 is 9.53 Å². The highest BCUT2D eigenvalue weighted by Gasteiger charge is 2.25. The van der Waals surface area contributed by atoms with E-state index in [-0.39, 0.29) is 6.04 Å².